The monoisotopic (exact) mass is 393 g/mol. The van der Waals surface area contributed by atoms with Crippen molar-refractivity contribution in [3.63, 3.8) is 0 Å². The third-order valence-electron chi connectivity index (χ3n) is 4.58. The molecule has 1 amide bonds. The van der Waals surface area contributed by atoms with Gasteiger partial charge in [-0.25, -0.2) is 0 Å². The van der Waals surface area contributed by atoms with E-state index in [-0.39, 0.29) is 36.6 Å². The second kappa shape index (κ2) is 10.3. The fourth-order valence-electron chi connectivity index (χ4n) is 3.33. The molecule has 0 aliphatic carbocycles. The number of carbonyl (C=O) groups excluding carboxylic acids is 1. The first-order valence-corrected chi connectivity index (χ1v) is 8.68. The highest BCUT2D eigenvalue weighted by atomic mass is 35.5. The summed E-state index contributed by atoms with van der Waals surface area (Å²) in [6.45, 7) is 3.89. The number of hydrogen-bond donors (Lipinski definition) is 2. The molecular formula is C17H26Cl3N3O. The molecule has 2 aliphatic rings. The average Bonchev–Trinajstić information content (AvgIpc) is 2.56. The van der Waals surface area contributed by atoms with Crippen LogP contribution in [-0.4, -0.2) is 32.1 Å². The van der Waals surface area contributed by atoms with Crippen LogP contribution in [0.5, 0.6) is 0 Å². The second-order valence-electron chi connectivity index (χ2n) is 6.24. The zero-order valence-electron chi connectivity index (χ0n) is 13.7. The molecular weight excluding hydrogens is 369 g/mol. The van der Waals surface area contributed by atoms with E-state index in [1.54, 1.807) is 0 Å². The van der Waals surface area contributed by atoms with Crippen LogP contribution < -0.4 is 15.5 Å². The summed E-state index contributed by atoms with van der Waals surface area (Å²) in [4.78, 5) is 14.9. The molecule has 4 nitrogen and oxygen atoms in total. The lowest BCUT2D eigenvalue weighted by Crippen LogP contribution is -2.37. The number of nitrogens with zero attached hydrogens (tertiary/aromatic N) is 1. The summed E-state index contributed by atoms with van der Waals surface area (Å²) in [7, 11) is 0. The number of nitrogens with one attached hydrogen (secondary N) is 2. The molecule has 1 aromatic rings. The molecule has 7 heteroatoms. The first kappa shape index (κ1) is 21.4. The van der Waals surface area contributed by atoms with Crippen LogP contribution in [-0.2, 0) is 4.79 Å². The van der Waals surface area contributed by atoms with Crippen LogP contribution in [0.3, 0.4) is 0 Å². The van der Waals surface area contributed by atoms with Gasteiger partial charge in [-0.1, -0.05) is 11.6 Å². The summed E-state index contributed by atoms with van der Waals surface area (Å²) in [5.74, 6) is 0.162. The third-order valence-corrected chi connectivity index (χ3v) is 4.82. The van der Waals surface area contributed by atoms with Crippen molar-refractivity contribution < 1.29 is 4.79 Å². The maximum absolute atomic E-state index is 12.5. The van der Waals surface area contributed by atoms with Crippen molar-refractivity contribution in [1.82, 2.24) is 5.32 Å². The van der Waals surface area contributed by atoms with Gasteiger partial charge in [0.1, 0.15) is 0 Å². The molecule has 1 atom stereocenters. The van der Waals surface area contributed by atoms with Crippen molar-refractivity contribution in [3.8, 4) is 0 Å². The normalized spacial score (nSPS) is 20.5. The highest BCUT2D eigenvalue weighted by Gasteiger charge is 2.23. The minimum absolute atomic E-state index is 0. The number of carbonyl (C=O) groups is 1. The molecule has 136 valence electrons. The lowest BCUT2D eigenvalue weighted by atomic mass is 9.98. The summed E-state index contributed by atoms with van der Waals surface area (Å²) in [6.07, 6.45) is 5.73. The van der Waals surface area contributed by atoms with Crippen LogP contribution in [0.25, 0.3) is 0 Å². The number of rotatable bonds is 3. The van der Waals surface area contributed by atoms with E-state index in [2.05, 4.69) is 15.5 Å². The minimum atomic E-state index is 0. The van der Waals surface area contributed by atoms with E-state index in [0.717, 1.165) is 50.4 Å². The predicted molar refractivity (Wildman–Crippen MR) is 106 cm³/mol. The first-order valence-electron chi connectivity index (χ1n) is 8.30. The summed E-state index contributed by atoms with van der Waals surface area (Å²) < 4.78 is 0. The van der Waals surface area contributed by atoms with Crippen molar-refractivity contribution in [1.29, 1.82) is 0 Å². The minimum Gasteiger partial charge on any atom is -0.370 e. The van der Waals surface area contributed by atoms with Crippen molar-refractivity contribution in [2.75, 3.05) is 36.4 Å². The van der Waals surface area contributed by atoms with Crippen LogP contribution in [0.2, 0.25) is 5.02 Å². The Morgan fingerprint density at radius 3 is 2.58 bits per heavy atom. The van der Waals surface area contributed by atoms with E-state index >= 15 is 0 Å². The lowest BCUT2D eigenvalue weighted by Gasteiger charge is -2.31. The average molecular weight is 395 g/mol. The van der Waals surface area contributed by atoms with E-state index in [1.165, 1.54) is 19.3 Å². The number of piperidine rings is 2. The Kier molecular flexibility index (Phi) is 9.21. The molecule has 1 aromatic carbocycles. The number of hydrogen-bond acceptors (Lipinski definition) is 3. The summed E-state index contributed by atoms with van der Waals surface area (Å²) in [6, 6.07) is 5.81. The standard InChI is InChI=1S/C17H24ClN3O.2ClH/c18-14-6-7-16(21-9-2-1-3-10-21)15(11-14)20-17(22)13-5-4-8-19-12-13;;/h6-7,11,13,19H,1-5,8-10,12H2,(H,20,22);2*1H. The van der Waals surface area contributed by atoms with Gasteiger partial charge in [-0.05, 0) is 56.8 Å². The van der Waals surface area contributed by atoms with E-state index in [1.807, 2.05) is 18.2 Å². The van der Waals surface area contributed by atoms with Gasteiger partial charge in [-0.15, -0.1) is 24.8 Å². The molecule has 2 fully saturated rings. The van der Waals surface area contributed by atoms with Crippen molar-refractivity contribution in [2.24, 2.45) is 5.92 Å². The molecule has 1 unspecified atom stereocenters. The zero-order valence-corrected chi connectivity index (χ0v) is 16.1. The Labute approximate surface area is 161 Å². The highest BCUT2D eigenvalue weighted by Crippen LogP contribution is 2.31. The van der Waals surface area contributed by atoms with Crippen LogP contribution in [0, 0.1) is 5.92 Å². The van der Waals surface area contributed by atoms with Gasteiger partial charge in [0.2, 0.25) is 5.91 Å². The number of halogens is 3. The van der Waals surface area contributed by atoms with Crippen LogP contribution in [0.1, 0.15) is 32.1 Å². The molecule has 0 bridgehead atoms. The Hall–Kier alpha value is -0.680. The van der Waals surface area contributed by atoms with Crippen molar-refractivity contribution in [3.05, 3.63) is 23.2 Å². The molecule has 0 radical (unpaired) electrons. The third kappa shape index (κ3) is 5.41. The van der Waals surface area contributed by atoms with Crippen LogP contribution in [0.4, 0.5) is 11.4 Å². The molecule has 24 heavy (non-hydrogen) atoms. The molecule has 2 heterocycles. The van der Waals surface area contributed by atoms with Crippen molar-refractivity contribution in [2.45, 2.75) is 32.1 Å². The predicted octanol–water partition coefficient (Wildman–Crippen LogP) is 4.11. The summed E-state index contributed by atoms with van der Waals surface area (Å²) in [5, 5.41) is 7.07. The first-order chi connectivity index (χ1) is 10.7. The topological polar surface area (TPSA) is 44.4 Å². The molecule has 0 spiro atoms. The number of anilines is 2. The smallest absolute Gasteiger partial charge is 0.228 e. The Morgan fingerprint density at radius 1 is 1.17 bits per heavy atom. The molecule has 2 aliphatic heterocycles. The molecule has 3 rings (SSSR count). The van der Waals surface area contributed by atoms with E-state index < -0.39 is 0 Å². The van der Waals surface area contributed by atoms with Gasteiger partial charge in [-0.2, -0.15) is 0 Å². The largest absolute Gasteiger partial charge is 0.370 e. The maximum atomic E-state index is 12.5. The lowest BCUT2D eigenvalue weighted by molar-refractivity contribution is -0.120. The van der Waals surface area contributed by atoms with Gasteiger partial charge in [0.05, 0.1) is 17.3 Å². The van der Waals surface area contributed by atoms with Gasteiger partial charge in [0.25, 0.3) is 0 Å². The Balaban J connectivity index is 0.00000144. The van der Waals surface area contributed by atoms with Crippen LogP contribution in [0.15, 0.2) is 18.2 Å². The van der Waals surface area contributed by atoms with Gasteiger partial charge in [0, 0.05) is 24.7 Å². The molecule has 2 saturated heterocycles. The Morgan fingerprint density at radius 2 is 1.92 bits per heavy atom. The van der Waals surface area contributed by atoms with Gasteiger partial charge in [0.15, 0.2) is 0 Å². The van der Waals surface area contributed by atoms with E-state index in [9.17, 15) is 4.79 Å². The Bertz CT molecular complexity index is 530. The fraction of sp³-hybridized carbons (Fsp3) is 0.588. The molecule has 0 aromatic heterocycles. The van der Waals surface area contributed by atoms with E-state index in [4.69, 9.17) is 11.6 Å². The zero-order chi connectivity index (χ0) is 15.4. The summed E-state index contributed by atoms with van der Waals surface area (Å²) >= 11 is 6.14. The van der Waals surface area contributed by atoms with Crippen molar-refractivity contribution >= 4 is 53.7 Å². The SMILES string of the molecule is Cl.Cl.O=C(Nc1cc(Cl)ccc1N1CCCCC1)C1CCCNC1. The second-order valence-corrected chi connectivity index (χ2v) is 6.68. The highest BCUT2D eigenvalue weighted by molar-refractivity contribution is 6.31. The maximum Gasteiger partial charge on any atom is 0.228 e. The number of benzene rings is 1. The molecule has 0 saturated carbocycles. The summed E-state index contributed by atoms with van der Waals surface area (Å²) in [5.41, 5.74) is 1.95. The van der Waals surface area contributed by atoms with Gasteiger partial charge in [-0.3, -0.25) is 4.79 Å². The quantitative estimate of drug-likeness (QED) is 0.811. The molecule has 2 N–H and O–H groups in total. The van der Waals surface area contributed by atoms with Gasteiger partial charge < -0.3 is 15.5 Å². The number of amides is 1. The van der Waals surface area contributed by atoms with E-state index in [0.29, 0.717) is 5.02 Å². The fourth-order valence-corrected chi connectivity index (χ4v) is 3.50. The van der Waals surface area contributed by atoms with Crippen LogP contribution >= 0.6 is 36.4 Å². The van der Waals surface area contributed by atoms with Gasteiger partial charge >= 0.3 is 0 Å².